The molecule has 0 aliphatic rings. The molecule has 2 aromatic rings. The number of halogens is 1. The van der Waals surface area contributed by atoms with E-state index in [9.17, 15) is 14.9 Å². The summed E-state index contributed by atoms with van der Waals surface area (Å²) in [5.74, 6) is -0.494. The molecule has 2 aromatic carbocycles. The normalized spacial score (nSPS) is 10.2. The van der Waals surface area contributed by atoms with Crippen molar-refractivity contribution < 1.29 is 14.5 Å². The van der Waals surface area contributed by atoms with Crippen molar-refractivity contribution in [2.75, 3.05) is 30.9 Å². The smallest absolute Gasteiger partial charge is 0.270 e. The zero-order chi connectivity index (χ0) is 17.5. The molecule has 0 heterocycles. The first-order valence-corrected chi connectivity index (χ1v) is 7.48. The zero-order valence-corrected chi connectivity index (χ0v) is 13.7. The Morgan fingerprint density at radius 1 is 1.25 bits per heavy atom. The lowest BCUT2D eigenvalue weighted by Crippen LogP contribution is -2.17. The summed E-state index contributed by atoms with van der Waals surface area (Å²) in [7, 11) is 1.56. The fourth-order valence-corrected chi connectivity index (χ4v) is 2.21. The number of ether oxygens (including phenoxy) is 1. The minimum Gasteiger partial charge on any atom is -0.383 e. The predicted octanol–water partition coefficient (Wildman–Crippen LogP) is 3.56. The number of amides is 1. The Labute approximate surface area is 143 Å². The summed E-state index contributed by atoms with van der Waals surface area (Å²) in [4.78, 5) is 23.0. The Kier molecular flexibility index (Phi) is 6.11. The lowest BCUT2D eigenvalue weighted by atomic mass is 10.1. The van der Waals surface area contributed by atoms with Crippen molar-refractivity contribution in [3.63, 3.8) is 0 Å². The molecular formula is C16H16ClN3O4. The lowest BCUT2D eigenvalue weighted by molar-refractivity contribution is -0.384. The Morgan fingerprint density at radius 3 is 2.67 bits per heavy atom. The van der Waals surface area contributed by atoms with Gasteiger partial charge in [-0.25, -0.2) is 0 Å². The molecule has 0 bridgehead atoms. The number of carbonyl (C=O) groups is 1. The summed E-state index contributed by atoms with van der Waals surface area (Å²) in [6.07, 6.45) is 0. The maximum absolute atomic E-state index is 12.5. The molecule has 0 aromatic heterocycles. The van der Waals surface area contributed by atoms with Gasteiger partial charge in [0.15, 0.2) is 0 Å². The van der Waals surface area contributed by atoms with E-state index >= 15 is 0 Å². The van der Waals surface area contributed by atoms with Crippen LogP contribution < -0.4 is 10.6 Å². The highest BCUT2D eigenvalue weighted by Gasteiger charge is 2.17. The van der Waals surface area contributed by atoms with E-state index < -0.39 is 10.8 Å². The van der Waals surface area contributed by atoms with Crippen LogP contribution in [0.5, 0.6) is 0 Å². The van der Waals surface area contributed by atoms with Crippen LogP contribution in [0.1, 0.15) is 10.4 Å². The van der Waals surface area contributed by atoms with Crippen LogP contribution in [0.4, 0.5) is 17.1 Å². The highest BCUT2D eigenvalue weighted by molar-refractivity contribution is 6.34. The molecule has 0 unspecified atom stereocenters. The Morgan fingerprint density at radius 2 is 2.00 bits per heavy atom. The number of nitrogens with one attached hydrogen (secondary N) is 2. The summed E-state index contributed by atoms with van der Waals surface area (Å²) >= 11 is 6.02. The molecule has 0 spiro atoms. The van der Waals surface area contributed by atoms with E-state index in [-0.39, 0.29) is 11.3 Å². The summed E-state index contributed by atoms with van der Waals surface area (Å²) in [6, 6.07) is 10.8. The van der Waals surface area contributed by atoms with Gasteiger partial charge in [0.05, 0.1) is 27.8 Å². The third-order valence-corrected chi connectivity index (χ3v) is 3.53. The SMILES string of the molecule is COCCNc1ccc([N+](=O)[O-])cc1C(=O)Nc1ccccc1Cl. The molecule has 1 amide bonds. The van der Waals surface area contributed by atoms with Gasteiger partial charge in [-0.15, -0.1) is 0 Å². The number of benzene rings is 2. The number of anilines is 2. The molecule has 7 nitrogen and oxygen atoms in total. The van der Waals surface area contributed by atoms with E-state index in [4.69, 9.17) is 16.3 Å². The third-order valence-electron chi connectivity index (χ3n) is 3.20. The maximum atomic E-state index is 12.5. The molecule has 0 fully saturated rings. The van der Waals surface area contributed by atoms with Crippen LogP contribution >= 0.6 is 11.6 Å². The number of hydrogen-bond donors (Lipinski definition) is 2. The number of nitrogens with zero attached hydrogens (tertiary/aromatic N) is 1. The van der Waals surface area contributed by atoms with Crippen LogP contribution in [0.3, 0.4) is 0 Å². The molecule has 0 atom stereocenters. The topological polar surface area (TPSA) is 93.5 Å². The Hall–Kier alpha value is -2.64. The van der Waals surface area contributed by atoms with Gasteiger partial charge in [0.25, 0.3) is 11.6 Å². The number of rotatable bonds is 7. The van der Waals surface area contributed by atoms with Gasteiger partial charge < -0.3 is 15.4 Å². The number of para-hydroxylation sites is 1. The third kappa shape index (κ3) is 4.43. The average Bonchev–Trinajstić information content (AvgIpc) is 2.57. The van der Waals surface area contributed by atoms with Crippen molar-refractivity contribution in [1.82, 2.24) is 0 Å². The molecule has 0 saturated carbocycles. The highest BCUT2D eigenvalue weighted by Crippen LogP contribution is 2.25. The fourth-order valence-electron chi connectivity index (χ4n) is 2.03. The van der Waals surface area contributed by atoms with Gasteiger partial charge >= 0.3 is 0 Å². The minimum absolute atomic E-state index is 0.153. The number of non-ortho nitro benzene ring substituents is 1. The van der Waals surface area contributed by atoms with Crippen LogP contribution in [0.2, 0.25) is 5.02 Å². The standard InChI is InChI=1S/C16H16ClN3O4/c1-24-9-8-18-14-7-6-11(20(22)23)10-12(14)16(21)19-15-5-3-2-4-13(15)17/h2-7,10,18H,8-9H2,1H3,(H,19,21). The van der Waals surface area contributed by atoms with Crippen LogP contribution in [0, 0.1) is 10.1 Å². The number of hydrogen-bond acceptors (Lipinski definition) is 5. The molecular weight excluding hydrogens is 334 g/mol. The van der Waals surface area contributed by atoms with Crippen molar-refractivity contribution in [2.45, 2.75) is 0 Å². The van der Waals surface area contributed by atoms with Crippen molar-refractivity contribution in [1.29, 1.82) is 0 Å². The maximum Gasteiger partial charge on any atom is 0.270 e. The molecule has 0 aliphatic carbocycles. The number of carbonyl (C=O) groups excluding carboxylic acids is 1. The molecule has 2 N–H and O–H groups in total. The highest BCUT2D eigenvalue weighted by atomic mass is 35.5. The number of nitro benzene ring substituents is 1. The first-order chi connectivity index (χ1) is 11.5. The van der Waals surface area contributed by atoms with Gasteiger partial charge in [0.1, 0.15) is 0 Å². The van der Waals surface area contributed by atoms with Crippen LogP contribution in [0.15, 0.2) is 42.5 Å². The molecule has 0 aliphatic heterocycles. The van der Waals surface area contributed by atoms with Crippen molar-refractivity contribution in [2.24, 2.45) is 0 Å². The van der Waals surface area contributed by atoms with Gasteiger partial charge in [0.2, 0.25) is 0 Å². The summed E-state index contributed by atoms with van der Waals surface area (Å²) < 4.78 is 4.95. The first kappa shape index (κ1) is 17.7. The fraction of sp³-hybridized carbons (Fsp3) is 0.188. The van der Waals surface area contributed by atoms with E-state index in [1.54, 1.807) is 31.4 Å². The molecule has 8 heteroatoms. The van der Waals surface area contributed by atoms with Gasteiger partial charge in [-0.1, -0.05) is 23.7 Å². The largest absolute Gasteiger partial charge is 0.383 e. The molecule has 2 rings (SSSR count). The zero-order valence-electron chi connectivity index (χ0n) is 12.9. The van der Waals surface area contributed by atoms with Gasteiger partial charge in [-0.2, -0.15) is 0 Å². The lowest BCUT2D eigenvalue weighted by Gasteiger charge is -2.12. The number of nitro groups is 1. The average molecular weight is 350 g/mol. The van der Waals surface area contributed by atoms with Crippen molar-refractivity contribution >= 4 is 34.6 Å². The van der Waals surface area contributed by atoms with Crippen molar-refractivity contribution in [3.05, 3.63) is 63.2 Å². The molecule has 0 saturated heterocycles. The van der Waals surface area contributed by atoms with E-state index in [1.807, 2.05) is 0 Å². The predicted molar refractivity (Wildman–Crippen MR) is 92.9 cm³/mol. The Balaban J connectivity index is 2.30. The Bertz CT molecular complexity index is 752. The second-order valence-corrected chi connectivity index (χ2v) is 5.25. The van der Waals surface area contributed by atoms with Crippen LogP contribution in [-0.2, 0) is 4.74 Å². The summed E-state index contributed by atoms with van der Waals surface area (Å²) in [6.45, 7) is 0.892. The minimum atomic E-state index is -0.550. The molecule has 24 heavy (non-hydrogen) atoms. The van der Waals surface area contributed by atoms with Gasteiger partial charge in [-0.05, 0) is 18.2 Å². The molecule has 126 valence electrons. The monoisotopic (exact) mass is 349 g/mol. The second kappa shape index (κ2) is 8.28. The van der Waals surface area contributed by atoms with E-state index in [1.165, 1.54) is 18.2 Å². The van der Waals surface area contributed by atoms with Crippen LogP contribution in [0.25, 0.3) is 0 Å². The van der Waals surface area contributed by atoms with Crippen molar-refractivity contribution in [3.8, 4) is 0 Å². The number of methoxy groups -OCH3 is 1. The van der Waals surface area contributed by atoms with Gasteiger partial charge in [-0.3, -0.25) is 14.9 Å². The summed E-state index contributed by atoms with van der Waals surface area (Å²) in [5.41, 5.74) is 0.887. The van der Waals surface area contributed by atoms with Gasteiger partial charge in [0, 0.05) is 31.5 Å². The van der Waals surface area contributed by atoms with Crippen LogP contribution in [-0.4, -0.2) is 31.1 Å². The quantitative estimate of drug-likeness (QED) is 0.453. The summed E-state index contributed by atoms with van der Waals surface area (Å²) in [5, 5.41) is 17.0. The van der Waals surface area contributed by atoms with E-state index in [0.717, 1.165) is 0 Å². The first-order valence-electron chi connectivity index (χ1n) is 7.10. The second-order valence-electron chi connectivity index (χ2n) is 4.84. The van der Waals surface area contributed by atoms with E-state index in [0.29, 0.717) is 29.5 Å². The molecule has 0 radical (unpaired) electrons. The van der Waals surface area contributed by atoms with E-state index in [2.05, 4.69) is 10.6 Å².